The Morgan fingerprint density at radius 3 is 2.50 bits per heavy atom. The van der Waals surface area contributed by atoms with E-state index < -0.39 is 0 Å². The van der Waals surface area contributed by atoms with Gasteiger partial charge in [-0.2, -0.15) is 0 Å². The third-order valence-electron chi connectivity index (χ3n) is 3.02. The lowest BCUT2D eigenvalue weighted by Crippen LogP contribution is -2.31. The molecule has 0 amide bonds. The minimum absolute atomic E-state index is 0.290. The first-order valence-electron chi connectivity index (χ1n) is 6.39. The molecule has 3 nitrogen and oxygen atoms in total. The average molecular weight is 355 g/mol. The summed E-state index contributed by atoms with van der Waals surface area (Å²) >= 11 is 9.68. The maximum absolute atomic E-state index is 6.31. The maximum atomic E-state index is 6.31. The van der Waals surface area contributed by atoms with Crippen LogP contribution in [0.4, 0.5) is 11.5 Å². The molecular weight excluding hydrogens is 338 g/mol. The number of anilines is 2. The first-order chi connectivity index (χ1) is 9.47. The summed E-state index contributed by atoms with van der Waals surface area (Å²) in [6, 6.07) is 10.0. The largest absolute Gasteiger partial charge is 0.399 e. The fraction of sp³-hybridized carbons (Fsp3) is 0.267. The fourth-order valence-electron chi connectivity index (χ4n) is 1.94. The summed E-state index contributed by atoms with van der Waals surface area (Å²) < 4.78 is 0.877. The molecule has 20 heavy (non-hydrogen) atoms. The molecule has 0 spiro atoms. The molecule has 0 fully saturated rings. The molecule has 1 aromatic carbocycles. The Morgan fingerprint density at radius 1 is 1.30 bits per heavy atom. The molecular formula is C15H17BrClN3. The summed E-state index contributed by atoms with van der Waals surface area (Å²) in [5.41, 5.74) is 7.66. The number of pyridine rings is 1. The van der Waals surface area contributed by atoms with E-state index in [0.717, 1.165) is 22.5 Å². The highest BCUT2D eigenvalue weighted by Crippen LogP contribution is 2.28. The minimum atomic E-state index is 0.290. The quantitative estimate of drug-likeness (QED) is 0.822. The number of hydrogen-bond acceptors (Lipinski definition) is 3. The molecule has 2 rings (SSSR count). The van der Waals surface area contributed by atoms with Crippen molar-refractivity contribution < 1.29 is 0 Å². The van der Waals surface area contributed by atoms with Crippen LogP contribution in [0.1, 0.15) is 19.4 Å². The zero-order valence-corrected chi connectivity index (χ0v) is 13.8. The van der Waals surface area contributed by atoms with Crippen LogP contribution < -0.4 is 10.6 Å². The Morgan fingerprint density at radius 2 is 1.95 bits per heavy atom. The molecule has 0 bridgehead atoms. The van der Waals surface area contributed by atoms with Crippen molar-refractivity contribution in [3.8, 4) is 0 Å². The first-order valence-corrected chi connectivity index (χ1v) is 7.56. The summed E-state index contributed by atoms with van der Waals surface area (Å²) in [7, 11) is 0. The van der Waals surface area contributed by atoms with Crippen LogP contribution in [-0.2, 0) is 6.54 Å². The van der Waals surface area contributed by atoms with Crippen LogP contribution in [-0.4, -0.2) is 11.0 Å². The molecule has 0 saturated carbocycles. The van der Waals surface area contributed by atoms with E-state index in [4.69, 9.17) is 17.3 Å². The number of halogens is 2. The Kier molecular flexibility index (Phi) is 4.89. The highest BCUT2D eigenvalue weighted by molar-refractivity contribution is 9.10. The number of hydrogen-bond donors (Lipinski definition) is 1. The highest BCUT2D eigenvalue weighted by Gasteiger charge is 2.16. The second kappa shape index (κ2) is 6.46. The summed E-state index contributed by atoms with van der Waals surface area (Å²) in [4.78, 5) is 6.60. The molecule has 0 unspecified atom stereocenters. The lowest BCUT2D eigenvalue weighted by molar-refractivity contribution is 0.672. The SMILES string of the molecule is CC(C)N(Cc1ccc(N)cc1)c1ncc(Br)cc1Cl. The second-order valence-corrected chi connectivity index (χ2v) is 6.25. The molecule has 0 radical (unpaired) electrons. The molecule has 0 saturated heterocycles. The van der Waals surface area contributed by atoms with Gasteiger partial charge in [0.2, 0.25) is 0 Å². The van der Waals surface area contributed by atoms with Gasteiger partial charge in [-0.05, 0) is 53.5 Å². The molecule has 1 aromatic heterocycles. The summed E-state index contributed by atoms with van der Waals surface area (Å²) in [6.07, 6.45) is 1.76. The van der Waals surface area contributed by atoms with Crippen molar-refractivity contribution in [3.63, 3.8) is 0 Å². The lowest BCUT2D eigenvalue weighted by atomic mass is 10.1. The lowest BCUT2D eigenvalue weighted by Gasteiger charge is -2.28. The third kappa shape index (κ3) is 3.64. The number of benzene rings is 1. The fourth-order valence-corrected chi connectivity index (χ4v) is 2.68. The predicted molar refractivity (Wildman–Crippen MR) is 89.1 cm³/mol. The van der Waals surface area contributed by atoms with Gasteiger partial charge in [-0.15, -0.1) is 0 Å². The second-order valence-electron chi connectivity index (χ2n) is 4.92. The van der Waals surface area contributed by atoms with Gasteiger partial charge in [0.25, 0.3) is 0 Å². The Hall–Kier alpha value is -1.26. The average Bonchev–Trinajstić information content (AvgIpc) is 2.39. The van der Waals surface area contributed by atoms with Crippen LogP contribution in [0.25, 0.3) is 0 Å². The molecule has 1 heterocycles. The van der Waals surface area contributed by atoms with Gasteiger partial charge in [-0.3, -0.25) is 0 Å². The van der Waals surface area contributed by atoms with Crippen LogP contribution in [0.5, 0.6) is 0 Å². The van der Waals surface area contributed by atoms with Crippen LogP contribution in [0.2, 0.25) is 5.02 Å². The van der Waals surface area contributed by atoms with Gasteiger partial charge >= 0.3 is 0 Å². The summed E-state index contributed by atoms with van der Waals surface area (Å²) in [6.45, 7) is 4.99. The third-order valence-corrected chi connectivity index (χ3v) is 3.73. The number of aromatic nitrogens is 1. The maximum Gasteiger partial charge on any atom is 0.147 e. The number of rotatable bonds is 4. The van der Waals surface area contributed by atoms with Crippen LogP contribution in [0, 0.1) is 0 Å². The van der Waals surface area contributed by atoms with Gasteiger partial charge in [0, 0.05) is 28.9 Å². The monoisotopic (exact) mass is 353 g/mol. The topological polar surface area (TPSA) is 42.1 Å². The van der Waals surface area contributed by atoms with E-state index in [1.54, 1.807) is 6.20 Å². The van der Waals surface area contributed by atoms with E-state index in [9.17, 15) is 0 Å². The van der Waals surface area contributed by atoms with Crippen molar-refractivity contribution in [1.29, 1.82) is 0 Å². The number of nitrogen functional groups attached to an aromatic ring is 1. The molecule has 2 aromatic rings. The van der Waals surface area contributed by atoms with Gasteiger partial charge in [-0.1, -0.05) is 23.7 Å². The standard InChI is InChI=1S/C15H17BrClN3/c1-10(2)20(9-11-3-5-13(18)6-4-11)15-14(17)7-12(16)8-19-15/h3-8,10H,9,18H2,1-2H3. The Labute approximate surface area is 132 Å². The first kappa shape index (κ1) is 15.1. The van der Waals surface area contributed by atoms with E-state index in [1.165, 1.54) is 5.56 Å². The van der Waals surface area contributed by atoms with E-state index in [1.807, 2.05) is 30.3 Å². The molecule has 0 aliphatic carbocycles. The van der Waals surface area contributed by atoms with E-state index >= 15 is 0 Å². The van der Waals surface area contributed by atoms with Crippen molar-refractivity contribution in [2.24, 2.45) is 0 Å². The van der Waals surface area contributed by atoms with Crippen LogP contribution in [0.15, 0.2) is 41.0 Å². The predicted octanol–water partition coefficient (Wildman–Crippen LogP) is 4.49. The summed E-state index contributed by atoms with van der Waals surface area (Å²) in [5.74, 6) is 0.793. The smallest absolute Gasteiger partial charge is 0.147 e. The Balaban J connectivity index is 2.29. The van der Waals surface area contributed by atoms with Gasteiger partial charge in [-0.25, -0.2) is 4.98 Å². The van der Waals surface area contributed by atoms with Gasteiger partial charge in [0.15, 0.2) is 0 Å². The van der Waals surface area contributed by atoms with Gasteiger partial charge < -0.3 is 10.6 Å². The molecule has 106 valence electrons. The molecule has 5 heteroatoms. The van der Waals surface area contributed by atoms with Gasteiger partial charge in [0.1, 0.15) is 5.82 Å². The van der Waals surface area contributed by atoms with Crippen LogP contribution in [0.3, 0.4) is 0 Å². The zero-order valence-electron chi connectivity index (χ0n) is 11.5. The van der Waals surface area contributed by atoms with Crippen molar-refractivity contribution in [2.75, 3.05) is 10.6 Å². The van der Waals surface area contributed by atoms with E-state index in [2.05, 4.69) is 39.7 Å². The van der Waals surface area contributed by atoms with Crippen molar-refractivity contribution in [2.45, 2.75) is 26.4 Å². The van der Waals surface area contributed by atoms with Crippen molar-refractivity contribution in [1.82, 2.24) is 4.98 Å². The normalized spacial score (nSPS) is 10.8. The van der Waals surface area contributed by atoms with Crippen molar-refractivity contribution in [3.05, 3.63) is 51.6 Å². The molecule has 2 N–H and O–H groups in total. The number of nitrogens with two attached hydrogens (primary N) is 1. The molecule has 0 aliphatic heterocycles. The van der Waals surface area contributed by atoms with Crippen molar-refractivity contribution >= 4 is 39.0 Å². The zero-order chi connectivity index (χ0) is 14.7. The minimum Gasteiger partial charge on any atom is -0.399 e. The summed E-state index contributed by atoms with van der Waals surface area (Å²) in [5, 5.41) is 0.642. The van der Waals surface area contributed by atoms with Crippen LogP contribution >= 0.6 is 27.5 Å². The highest BCUT2D eigenvalue weighted by atomic mass is 79.9. The molecule has 0 atom stereocenters. The Bertz CT molecular complexity index is 584. The van der Waals surface area contributed by atoms with Gasteiger partial charge in [0.05, 0.1) is 5.02 Å². The van der Waals surface area contributed by atoms with E-state index in [-0.39, 0.29) is 0 Å². The van der Waals surface area contributed by atoms with E-state index in [0.29, 0.717) is 11.1 Å². The number of nitrogens with zero attached hydrogens (tertiary/aromatic N) is 2. The molecule has 0 aliphatic rings.